The summed E-state index contributed by atoms with van der Waals surface area (Å²) in [7, 11) is -2.45. The molecule has 1 fully saturated rings. The second-order valence-electron chi connectivity index (χ2n) is 7.90. The summed E-state index contributed by atoms with van der Waals surface area (Å²) in [6.07, 6.45) is 3.81. The smallest absolute Gasteiger partial charge is 0.321 e. The van der Waals surface area contributed by atoms with Crippen LogP contribution < -0.4 is 10.6 Å². The van der Waals surface area contributed by atoms with Gasteiger partial charge >= 0.3 is 6.03 Å². The minimum Gasteiger partial charge on any atom is -0.336 e. The zero-order valence-electron chi connectivity index (χ0n) is 17.7. The van der Waals surface area contributed by atoms with Crippen LogP contribution >= 0.6 is 11.3 Å². The van der Waals surface area contributed by atoms with Gasteiger partial charge in [0.2, 0.25) is 0 Å². The van der Waals surface area contributed by atoms with Crippen molar-refractivity contribution in [3.8, 4) is 11.1 Å². The third-order valence-corrected chi connectivity index (χ3v) is 7.83. The van der Waals surface area contributed by atoms with Crippen molar-refractivity contribution < 1.29 is 9.00 Å². The number of anilines is 1. The summed E-state index contributed by atoms with van der Waals surface area (Å²) in [5.74, 6) is 1.24. The number of urea groups is 1. The maximum absolute atomic E-state index is 12.3. The molecule has 170 valence electrons. The molecule has 2 aromatic carbocycles. The van der Waals surface area contributed by atoms with E-state index >= 15 is 0 Å². The Labute approximate surface area is 199 Å². The molecule has 0 aliphatic heterocycles. The van der Waals surface area contributed by atoms with E-state index in [0.717, 1.165) is 40.0 Å². The molecule has 1 aliphatic rings. The molecule has 2 aromatic heterocycles. The highest BCUT2D eigenvalue weighted by molar-refractivity contribution is 8.32. The Morgan fingerprint density at radius 2 is 2.06 bits per heavy atom. The number of fused-ring (bicyclic) bond motifs is 1. The summed E-state index contributed by atoms with van der Waals surface area (Å²) in [4.78, 5) is 18.9. The quantitative estimate of drug-likeness (QED) is 0.401. The van der Waals surface area contributed by atoms with Crippen molar-refractivity contribution in [3.63, 3.8) is 0 Å². The predicted octanol–water partition coefficient (Wildman–Crippen LogP) is 3.38. The summed E-state index contributed by atoms with van der Waals surface area (Å²) in [5, 5.41) is 18.4. The fourth-order valence-corrected chi connectivity index (χ4v) is 5.21. The number of benzene rings is 2. The first kappa shape index (κ1) is 21.9. The summed E-state index contributed by atoms with van der Waals surface area (Å²) in [6.45, 7) is 0.824. The number of tetrazole rings is 1. The molecule has 5 rings (SSSR count). The minimum absolute atomic E-state index is 0.340. The normalized spacial score (nSPS) is 15.3. The molecule has 0 bridgehead atoms. The lowest BCUT2D eigenvalue weighted by Crippen LogP contribution is -2.31. The molecule has 2 heterocycles. The number of nitrogens with zero attached hydrogens (tertiary/aromatic N) is 5. The average Bonchev–Trinajstić information content (AvgIpc) is 3.39. The number of hydrogen-bond donors (Lipinski definition) is 2. The van der Waals surface area contributed by atoms with Gasteiger partial charge in [-0.3, -0.25) is 9.53 Å². The van der Waals surface area contributed by atoms with Gasteiger partial charge in [0.05, 0.1) is 25.3 Å². The third-order valence-electron chi connectivity index (χ3n) is 5.21. The lowest BCUT2D eigenvalue weighted by Gasteiger charge is -2.05. The molecule has 0 saturated heterocycles. The highest BCUT2D eigenvalue weighted by Crippen LogP contribution is 2.37. The number of carbonyl (C=O) groups is 1. The summed E-state index contributed by atoms with van der Waals surface area (Å²) in [6, 6.07) is 13.0. The predicted molar refractivity (Wildman–Crippen MR) is 132 cm³/mol. The number of hydrogen-bond acceptors (Lipinski definition) is 8. The zero-order valence-corrected chi connectivity index (χ0v) is 20.2. The number of aromatic nitrogens is 5. The summed E-state index contributed by atoms with van der Waals surface area (Å²) < 4.78 is 13.2. The fourth-order valence-electron chi connectivity index (χ4n) is 3.33. The highest BCUT2D eigenvalue weighted by atomic mass is 32.8. The topological polar surface area (TPSA) is 115 Å². The molecule has 33 heavy (non-hydrogen) atoms. The number of rotatable bonds is 7. The molecular formula is C21H21N7O2S3. The van der Waals surface area contributed by atoms with Crippen LogP contribution in [0.3, 0.4) is 0 Å². The van der Waals surface area contributed by atoms with E-state index in [-0.39, 0.29) is 6.03 Å². The van der Waals surface area contributed by atoms with E-state index in [1.807, 2.05) is 36.4 Å². The second-order valence-corrected chi connectivity index (χ2v) is 12.9. The number of thiazole rings is 1. The van der Waals surface area contributed by atoms with E-state index in [1.54, 1.807) is 12.3 Å². The zero-order chi connectivity index (χ0) is 23.0. The van der Waals surface area contributed by atoms with Crippen molar-refractivity contribution in [2.75, 3.05) is 18.1 Å². The van der Waals surface area contributed by atoms with E-state index in [2.05, 4.69) is 31.0 Å². The van der Waals surface area contributed by atoms with Gasteiger partial charge in [0.1, 0.15) is 0 Å². The molecule has 0 spiro atoms. The van der Waals surface area contributed by atoms with Crippen LogP contribution in [0.15, 0.2) is 47.4 Å². The van der Waals surface area contributed by atoms with Gasteiger partial charge in [-0.05, 0) is 64.6 Å². The van der Waals surface area contributed by atoms with Crippen molar-refractivity contribution in [3.05, 3.63) is 48.3 Å². The first-order valence-corrected chi connectivity index (χ1v) is 14.1. The van der Waals surface area contributed by atoms with Crippen LogP contribution in [0.1, 0.15) is 24.6 Å². The number of amides is 2. The first-order valence-electron chi connectivity index (χ1n) is 10.4. The molecule has 4 aromatic rings. The lowest BCUT2D eigenvalue weighted by molar-refractivity contribution is 0.251. The monoisotopic (exact) mass is 499 g/mol. The van der Waals surface area contributed by atoms with Crippen LogP contribution in [0.4, 0.5) is 9.93 Å². The highest BCUT2D eigenvalue weighted by Gasteiger charge is 2.28. The molecule has 1 unspecified atom stereocenters. The van der Waals surface area contributed by atoms with Gasteiger partial charge in [0.25, 0.3) is 0 Å². The van der Waals surface area contributed by atoms with Crippen molar-refractivity contribution in [2.45, 2.75) is 30.2 Å². The van der Waals surface area contributed by atoms with Gasteiger partial charge in [-0.25, -0.2) is 9.78 Å². The van der Waals surface area contributed by atoms with Crippen LogP contribution in [-0.4, -0.2) is 48.2 Å². The van der Waals surface area contributed by atoms with E-state index in [9.17, 15) is 9.00 Å². The summed E-state index contributed by atoms with van der Waals surface area (Å²) >= 11 is 6.50. The first-order chi connectivity index (χ1) is 15.8. The van der Waals surface area contributed by atoms with E-state index in [4.69, 9.17) is 11.2 Å². The molecule has 1 saturated carbocycles. The van der Waals surface area contributed by atoms with Crippen molar-refractivity contribution >= 4 is 52.4 Å². The molecule has 2 N–H and O–H groups in total. The Morgan fingerprint density at radius 1 is 1.24 bits per heavy atom. The molecular weight excluding hydrogens is 478 g/mol. The maximum Gasteiger partial charge on any atom is 0.321 e. The standard InChI is InChI=1S/C21H21N7O2S3/c1-33(30,31)16-4-2-3-14(11-16)15-7-8-17-18(12-15)32-21(23-17)24-20(29)22-9-10-28-26-19(25-27-28)13-5-6-13/h2-4,7-8,11-13H,5-6,9-10H2,1H3,(H2,22,23,24,29). The van der Waals surface area contributed by atoms with Crippen LogP contribution in [-0.2, 0) is 26.2 Å². The van der Waals surface area contributed by atoms with E-state index in [0.29, 0.717) is 29.0 Å². The van der Waals surface area contributed by atoms with Crippen molar-refractivity contribution in [2.24, 2.45) is 0 Å². The second kappa shape index (κ2) is 8.76. The van der Waals surface area contributed by atoms with Gasteiger partial charge in [-0.2, -0.15) is 4.80 Å². The fraction of sp³-hybridized carbons (Fsp3) is 0.286. The average molecular weight is 500 g/mol. The Bertz CT molecular complexity index is 1440. The number of carbonyl (C=O) groups excluding carboxylic acids is 1. The SMILES string of the molecule is CS(=O)(=S)c1cccc(-c2ccc3nc(NC(=O)NCCn4nnc(C5CC5)n4)sc3c2)c1. The van der Waals surface area contributed by atoms with E-state index < -0.39 is 8.49 Å². The minimum atomic E-state index is -2.45. The van der Waals surface area contributed by atoms with Gasteiger partial charge < -0.3 is 5.32 Å². The Kier molecular flexibility index (Phi) is 5.81. The largest absolute Gasteiger partial charge is 0.336 e. The molecule has 2 amide bonds. The molecule has 1 aliphatic carbocycles. The Hall–Kier alpha value is -2.96. The Morgan fingerprint density at radius 3 is 2.85 bits per heavy atom. The van der Waals surface area contributed by atoms with Crippen LogP contribution in [0, 0.1) is 0 Å². The summed E-state index contributed by atoms with van der Waals surface area (Å²) in [5.41, 5.74) is 2.69. The molecule has 9 nitrogen and oxygen atoms in total. The van der Waals surface area contributed by atoms with Crippen LogP contribution in [0.5, 0.6) is 0 Å². The van der Waals surface area contributed by atoms with E-state index in [1.165, 1.54) is 16.1 Å². The lowest BCUT2D eigenvalue weighted by atomic mass is 10.1. The van der Waals surface area contributed by atoms with Gasteiger partial charge in [-0.1, -0.05) is 29.5 Å². The molecule has 12 heteroatoms. The van der Waals surface area contributed by atoms with Gasteiger partial charge in [0.15, 0.2) is 11.0 Å². The third kappa shape index (κ3) is 5.18. The maximum atomic E-state index is 12.3. The van der Waals surface area contributed by atoms with Gasteiger partial charge in [-0.15, -0.1) is 10.2 Å². The van der Waals surface area contributed by atoms with Crippen molar-refractivity contribution in [1.29, 1.82) is 0 Å². The van der Waals surface area contributed by atoms with Crippen LogP contribution in [0.25, 0.3) is 21.3 Å². The molecule has 0 radical (unpaired) electrons. The van der Waals surface area contributed by atoms with Crippen LogP contribution in [0.2, 0.25) is 0 Å². The van der Waals surface area contributed by atoms with Gasteiger partial charge in [0, 0.05) is 23.6 Å². The Balaban J connectivity index is 1.22. The van der Waals surface area contributed by atoms with Crippen molar-refractivity contribution in [1.82, 2.24) is 30.5 Å². The number of nitrogens with one attached hydrogen (secondary N) is 2. The molecule has 1 atom stereocenters.